The number of aromatic nitrogens is 1. The van der Waals surface area contributed by atoms with Gasteiger partial charge in [0.25, 0.3) is 11.8 Å². The van der Waals surface area contributed by atoms with Gasteiger partial charge in [0.05, 0.1) is 18.2 Å². The van der Waals surface area contributed by atoms with E-state index >= 15 is 0 Å². The van der Waals surface area contributed by atoms with E-state index in [2.05, 4.69) is 4.98 Å². The first-order valence-corrected chi connectivity index (χ1v) is 8.71. The maximum Gasteiger partial charge on any atom is 0.257 e. The summed E-state index contributed by atoms with van der Waals surface area (Å²) in [5.41, 5.74) is 1.85. The zero-order valence-electron chi connectivity index (χ0n) is 14.7. The van der Waals surface area contributed by atoms with Gasteiger partial charge in [0, 0.05) is 43.6 Å². The Balaban J connectivity index is 1.69. The van der Waals surface area contributed by atoms with E-state index in [1.165, 1.54) is 7.11 Å². The summed E-state index contributed by atoms with van der Waals surface area (Å²) < 4.78 is 5.33. The Morgan fingerprint density at radius 2 is 1.77 bits per heavy atom. The second-order valence-electron chi connectivity index (χ2n) is 6.13. The Morgan fingerprint density at radius 3 is 2.35 bits per heavy atom. The molecule has 0 radical (unpaired) electrons. The van der Waals surface area contributed by atoms with Crippen LogP contribution in [0, 0.1) is 6.92 Å². The number of carbonyl (C=O) groups is 2. The number of rotatable bonds is 3. The minimum Gasteiger partial charge on any atom is -0.496 e. The van der Waals surface area contributed by atoms with Gasteiger partial charge < -0.3 is 14.5 Å². The molecule has 1 saturated heterocycles. The highest BCUT2D eigenvalue weighted by molar-refractivity contribution is 6.31. The normalized spacial score (nSPS) is 14.3. The minimum absolute atomic E-state index is 0.0684. The summed E-state index contributed by atoms with van der Waals surface area (Å²) in [6, 6.07) is 6.88. The van der Waals surface area contributed by atoms with Crippen molar-refractivity contribution < 1.29 is 14.3 Å². The molecule has 2 aromatic rings. The first-order valence-electron chi connectivity index (χ1n) is 8.34. The Labute approximate surface area is 157 Å². The van der Waals surface area contributed by atoms with E-state index in [1.54, 1.807) is 46.5 Å². The number of benzene rings is 1. The maximum atomic E-state index is 12.9. The lowest BCUT2D eigenvalue weighted by atomic mass is 10.1. The van der Waals surface area contributed by atoms with E-state index in [0.717, 1.165) is 5.56 Å². The van der Waals surface area contributed by atoms with E-state index in [0.29, 0.717) is 48.1 Å². The van der Waals surface area contributed by atoms with Crippen LogP contribution in [0.25, 0.3) is 0 Å². The molecule has 2 amide bonds. The van der Waals surface area contributed by atoms with Crippen LogP contribution in [0.3, 0.4) is 0 Å². The average Bonchev–Trinajstić information content (AvgIpc) is 2.69. The predicted molar refractivity (Wildman–Crippen MR) is 98.8 cm³/mol. The van der Waals surface area contributed by atoms with Crippen molar-refractivity contribution in [3.05, 3.63) is 58.4 Å². The largest absolute Gasteiger partial charge is 0.496 e. The predicted octanol–water partition coefficient (Wildman–Crippen LogP) is 2.65. The molecular weight excluding hydrogens is 354 g/mol. The molecule has 0 N–H and O–H groups in total. The zero-order chi connectivity index (χ0) is 18.7. The third kappa shape index (κ3) is 3.65. The Kier molecular flexibility index (Phi) is 5.42. The van der Waals surface area contributed by atoms with E-state index in [9.17, 15) is 9.59 Å². The van der Waals surface area contributed by atoms with E-state index < -0.39 is 0 Å². The molecule has 1 aliphatic rings. The van der Waals surface area contributed by atoms with Gasteiger partial charge in [-0.05, 0) is 36.8 Å². The Bertz CT molecular complexity index is 818. The van der Waals surface area contributed by atoms with Gasteiger partial charge >= 0.3 is 0 Å². The number of piperazine rings is 1. The molecule has 6 nitrogen and oxygen atoms in total. The molecule has 1 aromatic carbocycles. The standard InChI is InChI=1S/C19H20ClN3O3/c1-13-10-17(26-2)15(11-16(13)20)19(25)23-8-6-22(7-9-23)18(24)14-4-3-5-21-12-14/h3-5,10-12H,6-9H2,1-2H3. The van der Waals surface area contributed by atoms with Crippen molar-refractivity contribution >= 4 is 23.4 Å². The molecule has 1 aromatic heterocycles. The van der Waals surface area contributed by atoms with Crippen molar-refractivity contribution in [3.63, 3.8) is 0 Å². The molecular formula is C19H20ClN3O3. The SMILES string of the molecule is COc1cc(C)c(Cl)cc1C(=O)N1CCN(C(=O)c2cccnc2)CC1. The molecule has 0 aliphatic carbocycles. The second kappa shape index (κ2) is 7.74. The maximum absolute atomic E-state index is 12.9. The van der Waals surface area contributed by atoms with Gasteiger partial charge in [0.15, 0.2) is 0 Å². The number of carbonyl (C=O) groups excluding carboxylic acids is 2. The summed E-state index contributed by atoms with van der Waals surface area (Å²) in [6.07, 6.45) is 3.19. The summed E-state index contributed by atoms with van der Waals surface area (Å²) in [6.45, 7) is 3.73. The number of amides is 2. The smallest absolute Gasteiger partial charge is 0.257 e. The molecule has 0 unspecified atom stereocenters. The molecule has 1 aliphatic heterocycles. The third-order valence-corrected chi connectivity index (χ3v) is 4.88. The second-order valence-corrected chi connectivity index (χ2v) is 6.53. The van der Waals surface area contributed by atoms with Crippen LogP contribution in [-0.4, -0.2) is 59.9 Å². The highest BCUT2D eigenvalue weighted by Gasteiger charge is 2.27. The topological polar surface area (TPSA) is 62.7 Å². The molecule has 0 bridgehead atoms. The molecule has 0 atom stereocenters. The number of nitrogens with zero attached hydrogens (tertiary/aromatic N) is 3. The first-order chi connectivity index (χ1) is 12.5. The lowest BCUT2D eigenvalue weighted by molar-refractivity contribution is 0.0533. The number of aryl methyl sites for hydroxylation is 1. The highest BCUT2D eigenvalue weighted by Crippen LogP contribution is 2.28. The van der Waals surface area contributed by atoms with Crippen LogP contribution >= 0.6 is 11.6 Å². The average molecular weight is 374 g/mol. The fourth-order valence-corrected chi connectivity index (χ4v) is 3.11. The van der Waals surface area contributed by atoms with Gasteiger partial charge in [-0.25, -0.2) is 0 Å². The summed E-state index contributed by atoms with van der Waals surface area (Å²) in [4.78, 5) is 32.8. The molecule has 7 heteroatoms. The quantitative estimate of drug-likeness (QED) is 0.829. The summed E-state index contributed by atoms with van der Waals surface area (Å²) in [7, 11) is 1.53. The van der Waals surface area contributed by atoms with Crippen molar-refractivity contribution in [1.29, 1.82) is 0 Å². The van der Waals surface area contributed by atoms with Crippen LogP contribution in [0.5, 0.6) is 5.75 Å². The Morgan fingerprint density at radius 1 is 1.12 bits per heavy atom. The van der Waals surface area contributed by atoms with Crippen LogP contribution in [0.2, 0.25) is 5.02 Å². The first kappa shape index (κ1) is 18.2. The number of halogens is 1. The number of ether oxygens (including phenoxy) is 1. The fraction of sp³-hybridized carbons (Fsp3) is 0.316. The van der Waals surface area contributed by atoms with Crippen molar-refractivity contribution in [2.24, 2.45) is 0 Å². The lowest BCUT2D eigenvalue weighted by Gasteiger charge is -2.35. The van der Waals surface area contributed by atoms with Crippen LogP contribution in [0.4, 0.5) is 0 Å². The van der Waals surface area contributed by atoms with E-state index in [4.69, 9.17) is 16.3 Å². The molecule has 0 saturated carbocycles. The third-order valence-electron chi connectivity index (χ3n) is 4.47. The number of methoxy groups -OCH3 is 1. The highest BCUT2D eigenvalue weighted by atomic mass is 35.5. The summed E-state index contributed by atoms with van der Waals surface area (Å²) in [5, 5.41) is 0.527. The van der Waals surface area contributed by atoms with Gasteiger partial charge in [0.1, 0.15) is 5.75 Å². The van der Waals surface area contributed by atoms with Crippen molar-refractivity contribution in [2.45, 2.75) is 6.92 Å². The summed E-state index contributed by atoms with van der Waals surface area (Å²) >= 11 is 6.17. The molecule has 136 valence electrons. The minimum atomic E-state index is -0.141. The summed E-state index contributed by atoms with van der Waals surface area (Å²) in [5.74, 6) is 0.296. The zero-order valence-corrected chi connectivity index (χ0v) is 15.5. The number of hydrogen-bond donors (Lipinski definition) is 0. The molecule has 3 rings (SSSR count). The number of hydrogen-bond acceptors (Lipinski definition) is 4. The van der Waals surface area contributed by atoms with Gasteiger partial charge in [-0.2, -0.15) is 0 Å². The number of pyridine rings is 1. The van der Waals surface area contributed by atoms with Crippen molar-refractivity contribution in [2.75, 3.05) is 33.3 Å². The van der Waals surface area contributed by atoms with Crippen LogP contribution in [0.1, 0.15) is 26.3 Å². The fourth-order valence-electron chi connectivity index (χ4n) is 2.95. The van der Waals surface area contributed by atoms with Crippen molar-refractivity contribution in [3.8, 4) is 5.75 Å². The molecule has 1 fully saturated rings. The Hall–Kier alpha value is -2.60. The van der Waals surface area contributed by atoms with Crippen LogP contribution in [-0.2, 0) is 0 Å². The van der Waals surface area contributed by atoms with Gasteiger partial charge in [-0.3, -0.25) is 14.6 Å². The van der Waals surface area contributed by atoms with Gasteiger partial charge in [0.2, 0.25) is 0 Å². The van der Waals surface area contributed by atoms with E-state index in [1.807, 2.05) is 6.92 Å². The molecule has 2 heterocycles. The van der Waals surface area contributed by atoms with Crippen LogP contribution < -0.4 is 4.74 Å². The molecule has 26 heavy (non-hydrogen) atoms. The monoisotopic (exact) mass is 373 g/mol. The van der Waals surface area contributed by atoms with Crippen molar-refractivity contribution in [1.82, 2.24) is 14.8 Å². The van der Waals surface area contributed by atoms with Gasteiger partial charge in [-0.1, -0.05) is 11.6 Å². The van der Waals surface area contributed by atoms with Gasteiger partial charge in [-0.15, -0.1) is 0 Å². The lowest BCUT2D eigenvalue weighted by Crippen LogP contribution is -2.50. The molecule has 0 spiro atoms. The van der Waals surface area contributed by atoms with Crippen LogP contribution in [0.15, 0.2) is 36.7 Å². The van der Waals surface area contributed by atoms with E-state index in [-0.39, 0.29) is 11.8 Å².